The molecular weight excluding hydrogens is 358 g/mol. The first-order valence-corrected chi connectivity index (χ1v) is 9.59. The first kappa shape index (κ1) is 16.6. The Kier molecular flexibility index (Phi) is 4.78. The van der Waals surface area contributed by atoms with Crippen molar-refractivity contribution < 1.29 is 4.74 Å². The van der Waals surface area contributed by atoms with Crippen LogP contribution in [-0.2, 0) is 4.74 Å². The van der Waals surface area contributed by atoms with Gasteiger partial charge in [-0.1, -0.05) is 11.6 Å². The maximum atomic E-state index is 6.38. The maximum absolute atomic E-state index is 6.38. The van der Waals surface area contributed by atoms with E-state index in [1.165, 1.54) is 11.3 Å². The largest absolute Gasteiger partial charge is 0.381 e. The second-order valence-electron chi connectivity index (χ2n) is 6.12. The molecule has 3 aromatic heterocycles. The van der Waals surface area contributed by atoms with Crippen molar-refractivity contribution in [3.63, 3.8) is 0 Å². The summed E-state index contributed by atoms with van der Waals surface area (Å²) in [5.41, 5.74) is 3.41. The number of aromatic nitrogens is 5. The second kappa shape index (κ2) is 7.19. The van der Waals surface area contributed by atoms with Gasteiger partial charge in [-0.25, -0.2) is 14.6 Å². The third-order valence-corrected chi connectivity index (χ3v) is 5.53. The van der Waals surface area contributed by atoms with Crippen molar-refractivity contribution in [3.8, 4) is 22.9 Å². The summed E-state index contributed by atoms with van der Waals surface area (Å²) in [7, 11) is 0. The van der Waals surface area contributed by atoms with Crippen molar-refractivity contribution >= 4 is 22.9 Å². The van der Waals surface area contributed by atoms with Crippen molar-refractivity contribution in [2.45, 2.75) is 25.8 Å². The fraction of sp³-hybridized carbons (Fsp3) is 0.412. The van der Waals surface area contributed by atoms with Crippen molar-refractivity contribution in [1.29, 1.82) is 0 Å². The van der Waals surface area contributed by atoms with E-state index in [0.29, 0.717) is 16.8 Å². The topological polar surface area (TPSA) is 65.7 Å². The number of thiazole rings is 1. The summed E-state index contributed by atoms with van der Waals surface area (Å²) in [5.74, 6) is 1.88. The van der Waals surface area contributed by atoms with Gasteiger partial charge in [0.25, 0.3) is 0 Å². The van der Waals surface area contributed by atoms with Gasteiger partial charge in [0, 0.05) is 36.6 Å². The minimum Gasteiger partial charge on any atom is -0.381 e. The van der Waals surface area contributed by atoms with E-state index < -0.39 is 0 Å². The number of nitrogens with zero attached hydrogens (tertiary/aromatic N) is 5. The van der Waals surface area contributed by atoms with Crippen LogP contribution in [0.15, 0.2) is 29.4 Å². The fourth-order valence-electron chi connectivity index (χ4n) is 3.18. The van der Waals surface area contributed by atoms with Crippen LogP contribution in [0.3, 0.4) is 0 Å². The van der Waals surface area contributed by atoms with Crippen LogP contribution in [0.4, 0.5) is 0 Å². The lowest BCUT2D eigenvalue weighted by atomic mass is 9.93. The summed E-state index contributed by atoms with van der Waals surface area (Å²) in [6.07, 6.45) is 5.41. The van der Waals surface area contributed by atoms with Gasteiger partial charge in [0.15, 0.2) is 5.82 Å². The lowest BCUT2D eigenvalue weighted by Crippen LogP contribution is -2.25. The smallest absolute Gasteiger partial charge is 0.201 e. The van der Waals surface area contributed by atoms with Crippen molar-refractivity contribution in [2.75, 3.05) is 13.2 Å². The Morgan fingerprint density at radius 2 is 2.20 bits per heavy atom. The number of rotatable bonds is 4. The minimum absolute atomic E-state index is 0.197. The summed E-state index contributed by atoms with van der Waals surface area (Å²) in [5, 5.41) is 7.30. The maximum Gasteiger partial charge on any atom is 0.201 e. The Labute approximate surface area is 154 Å². The van der Waals surface area contributed by atoms with E-state index >= 15 is 0 Å². The molecule has 0 spiro atoms. The molecule has 6 nitrogen and oxygen atoms in total. The number of halogens is 1. The summed E-state index contributed by atoms with van der Waals surface area (Å²) in [6, 6.07) is 2.08. The van der Waals surface area contributed by atoms with Gasteiger partial charge in [0.2, 0.25) is 5.82 Å². The Morgan fingerprint density at radius 1 is 1.36 bits per heavy atom. The van der Waals surface area contributed by atoms with Gasteiger partial charge in [-0.15, -0.1) is 16.4 Å². The SMILES string of the molecule is CC(C1CCOCC1)n1nc(-c2cscn2)nc1-c1ccncc1Cl. The van der Waals surface area contributed by atoms with E-state index in [-0.39, 0.29) is 6.04 Å². The minimum atomic E-state index is 0.197. The average Bonchev–Trinajstić information content (AvgIpc) is 3.32. The van der Waals surface area contributed by atoms with Gasteiger partial charge in [0.1, 0.15) is 5.69 Å². The van der Waals surface area contributed by atoms with Crippen molar-refractivity contribution in [2.24, 2.45) is 5.92 Å². The molecule has 4 rings (SSSR count). The van der Waals surface area contributed by atoms with Crippen LogP contribution >= 0.6 is 22.9 Å². The average molecular weight is 376 g/mol. The summed E-state index contributed by atoms with van der Waals surface area (Å²) in [6.45, 7) is 3.79. The third-order valence-electron chi connectivity index (χ3n) is 4.64. The Balaban J connectivity index is 1.79. The number of ether oxygens (including phenoxy) is 1. The van der Waals surface area contributed by atoms with Gasteiger partial charge in [0.05, 0.1) is 16.6 Å². The van der Waals surface area contributed by atoms with E-state index in [1.54, 1.807) is 17.9 Å². The summed E-state index contributed by atoms with van der Waals surface area (Å²) >= 11 is 7.91. The van der Waals surface area contributed by atoms with Crippen LogP contribution in [-0.4, -0.2) is 37.9 Å². The van der Waals surface area contributed by atoms with Crippen LogP contribution in [0.5, 0.6) is 0 Å². The highest BCUT2D eigenvalue weighted by Crippen LogP contribution is 2.34. The fourth-order valence-corrected chi connectivity index (χ4v) is 3.91. The molecule has 25 heavy (non-hydrogen) atoms. The molecule has 1 aliphatic rings. The molecule has 4 heterocycles. The predicted octanol–water partition coefficient (Wildman–Crippen LogP) is 4.10. The highest BCUT2D eigenvalue weighted by Gasteiger charge is 2.27. The van der Waals surface area contributed by atoms with E-state index in [2.05, 4.69) is 16.9 Å². The number of pyridine rings is 1. The standard InChI is InChI=1S/C17H18ClN5OS/c1-11(12-3-6-24-7-4-12)23-17(13-2-5-19-8-14(13)18)21-16(22-23)15-9-25-10-20-15/h2,5,8-12H,3-4,6-7H2,1H3. The van der Waals surface area contributed by atoms with Gasteiger partial charge >= 0.3 is 0 Å². The van der Waals surface area contributed by atoms with Crippen molar-refractivity contribution in [3.05, 3.63) is 34.4 Å². The molecule has 0 aliphatic carbocycles. The zero-order valence-electron chi connectivity index (χ0n) is 13.8. The normalized spacial score (nSPS) is 16.9. The second-order valence-corrected chi connectivity index (χ2v) is 7.25. The highest BCUT2D eigenvalue weighted by atomic mass is 35.5. The molecule has 8 heteroatoms. The molecule has 0 amide bonds. The van der Waals surface area contributed by atoms with Crippen molar-refractivity contribution in [1.82, 2.24) is 24.7 Å². The molecule has 0 N–H and O–H groups in total. The van der Waals surface area contributed by atoms with Crippen LogP contribution in [0.1, 0.15) is 25.8 Å². The van der Waals surface area contributed by atoms with Gasteiger partial charge in [-0.3, -0.25) is 4.98 Å². The zero-order valence-corrected chi connectivity index (χ0v) is 15.4. The predicted molar refractivity (Wildman–Crippen MR) is 97.6 cm³/mol. The Hall–Kier alpha value is -1.83. The van der Waals surface area contributed by atoms with E-state index in [0.717, 1.165) is 43.1 Å². The lowest BCUT2D eigenvalue weighted by molar-refractivity contribution is 0.0498. The summed E-state index contributed by atoms with van der Waals surface area (Å²) in [4.78, 5) is 13.2. The molecule has 3 aromatic rings. The van der Waals surface area contributed by atoms with Crippen LogP contribution in [0.25, 0.3) is 22.9 Å². The third kappa shape index (κ3) is 3.31. The van der Waals surface area contributed by atoms with E-state index in [4.69, 9.17) is 26.4 Å². The molecule has 1 atom stereocenters. The van der Waals surface area contributed by atoms with Crippen LogP contribution < -0.4 is 0 Å². The molecule has 130 valence electrons. The Bertz CT molecular complexity index is 845. The highest BCUT2D eigenvalue weighted by molar-refractivity contribution is 7.07. The van der Waals surface area contributed by atoms with Gasteiger partial charge < -0.3 is 4.74 Å². The summed E-state index contributed by atoms with van der Waals surface area (Å²) < 4.78 is 7.49. The monoisotopic (exact) mass is 375 g/mol. The van der Waals surface area contributed by atoms with E-state index in [1.807, 2.05) is 16.1 Å². The molecule has 1 saturated heterocycles. The van der Waals surface area contributed by atoms with Gasteiger partial charge in [-0.05, 0) is 31.7 Å². The molecular formula is C17H18ClN5OS. The quantitative estimate of drug-likeness (QED) is 0.686. The van der Waals surface area contributed by atoms with Crippen LogP contribution in [0, 0.1) is 5.92 Å². The molecule has 1 unspecified atom stereocenters. The molecule has 1 fully saturated rings. The first-order valence-electron chi connectivity index (χ1n) is 8.27. The Morgan fingerprint density at radius 3 is 2.92 bits per heavy atom. The molecule has 0 aromatic carbocycles. The number of hydrogen-bond acceptors (Lipinski definition) is 6. The van der Waals surface area contributed by atoms with E-state index in [9.17, 15) is 0 Å². The molecule has 1 aliphatic heterocycles. The number of hydrogen-bond donors (Lipinski definition) is 0. The van der Waals surface area contributed by atoms with Gasteiger partial charge in [-0.2, -0.15) is 0 Å². The zero-order chi connectivity index (χ0) is 17.2. The van der Waals surface area contributed by atoms with Crippen LogP contribution in [0.2, 0.25) is 5.02 Å². The molecule has 0 saturated carbocycles. The molecule has 0 bridgehead atoms. The first-order chi connectivity index (χ1) is 12.2. The lowest BCUT2D eigenvalue weighted by Gasteiger charge is -2.28. The molecule has 0 radical (unpaired) electrons.